The van der Waals surface area contributed by atoms with Gasteiger partial charge in [0.2, 0.25) is 0 Å². The average Bonchev–Trinajstić information content (AvgIpc) is 3.33. The average molecular weight is 471 g/mol. The van der Waals surface area contributed by atoms with E-state index in [1.807, 2.05) is 67.7 Å². The van der Waals surface area contributed by atoms with Crippen LogP contribution in [0.25, 0.3) is 5.65 Å². The lowest BCUT2D eigenvalue weighted by Gasteiger charge is -2.28. The third-order valence-corrected chi connectivity index (χ3v) is 6.34. The molecule has 9 heteroatoms. The zero-order chi connectivity index (χ0) is 24.2. The number of rotatable bonds is 6. The number of urea groups is 1. The molecule has 2 heterocycles. The van der Waals surface area contributed by atoms with Gasteiger partial charge < -0.3 is 27.0 Å². The Kier molecular flexibility index (Phi) is 6.49. The van der Waals surface area contributed by atoms with E-state index in [-0.39, 0.29) is 6.03 Å². The van der Waals surface area contributed by atoms with Crippen molar-refractivity contribution in [3.63, 3.8) is 0 Å². The van der Waals surface area contributed by atoms with Gasteiger partial charge in [0, 0.05) is 47.1 Å². The van der Waals surface area contributed by atoms with Crippen LogP contribution < -0.4 is 27.0 Å². The van der Waals surface area contributed by atoms with Gasteiger partial charge in [0.1, 0.15) is 0 Å². The van der Waals surface area contributed by atoms with Crippen molar-refractivity contribution < 1.29 is 4.79 Å². The Labute approximate surface area is 204 Å². The van der Waals surface area contributed by atoms with Crippen molar-refractivity contribution in [1.29, 1.82) is 0 Å². The third kappa shape index (κ3) is 5.36. The Morgan fingerprint density at radius 2 is 1.60 bits per heavy atom. The minimum atomic E-state index is -0.291. The SMILES string of the molecule is Cc1c(N[C@H]2CC[C@@H](N)CC2)nn2ccnc2c1Nc1ccc(NC(=O)Nc2ccccc2)cc1. The summed E-state index contributed by atoms with van der Waals surface area (Å²) in [6.07, 6.45) is 7.73. The molecule has 9 nitrogen and oxygen atoms in total. The van der Waals surface area contributed by atoms with Gasteiger partial charge in [0.15, 0.2) is 11.5 Å². The fourth-order valence-corrected chi connectivity index (χ4v) is 4.37. The van der Waals surface area contributed by atoms with Crippen LogP contribution in [0.3, 0.4) is 0 Å². The Bertz CT molecular complexity index is 1290. The van der Waals surface area contributed by atoms with Gasteiger partial charge in [-0.15, -0.1) is 5.10 Å². The van der Waals surface area contributed by atoms with Crippen LogP contribution in [-0.2, 0) is 0 Å². The number of carbonyl (C=O) groups is 1. The van der Waals surface area contributed by atoms with Crippen LogP contribution in [0.5, 0.6) is 0 Å². The molecule has 0 saturated heterocycles. The van der Waals surface area contributed by atoms with E-state index in [4.69, 9.17) is 10.8 Å². The minimum Gasteiger partial charge on any atom is -0.366 e. The minimum absolute atomic E-state index is 0.291. The third-order valence-electron chi connectivity index (χ3n) is 6.34. The van der Waals surface area contributed by atoms with E-state index in [0.29, 0.717) is 17.8 Å². The molecule has 2 aromatic heterocycles. The number of nitrogens with two attached hydrogens (primary N) is 1. The first-order valence-corrected chi connectivity index (χ1v) is 11.9. The second-order valence-electron chi connectivity index (χ2n) is 8.95. The quantitative estimate of drug-likeness (QED) is 0.267. The number of hydrogen-bond acceptors (Lipinski definition) is 6. The zero-order valence-electron chi connectivity index (χ0n) is 19.7. The first kappa shape index (κ1) is 22.7. The molecule has 0 radical (unpaired) electrons. The first-order valence-electron chi connectivity index (χ1n) is 11.9. The maximum atomic E-state index is 12.3. The molecular formula is C26H30N8O. The summed E-state index contributed by atoms with van der Waals surface area (Å²) in [5, 5.41) is 17.5. The lowest BCUT2D eigenvalue weighted by molar-refractivity contribution is 0.262. The summed E-state index contributed by atoms with van der Waals surface area (Å²) in [6, 6.07) is 17.3. The summed E-state index contributed by atoms with van der Waals surface area (Å²) in [7, 11) is 0. The summed E-state index contributed by atoms with van der Waals surface area (Å²) >= 11 is 0. The van der Waals surface area contributed by atoms with E-state index in [0.717, 1.165) is 59.8 Å². The number of nitrogens with zero attached hydrogens (tertiary/aromatic N) is 3. The highest BCUT2D eigenvalue weighted by Crippen LogP contribution is 2.31. The predicted octanol–water partition coefficient (Wildman–Crippen LogP) is 5.11. The highest BCUT2D eigenvalue weighted by Gasteiger charge is 2.21. The molecule has 5 rings (SSSR count). The van der Waals surface area contributed by atoms with Crippen molar-refractivity contribution in [3.8, 4) is 0 Å². The molecule has 1 saturated carbocycles. The van der Waals surface area contributed by atoms with E-state index in [1.54, 1.807) is 10.7 Å². The molecule has 0 spiro atoms. The number of benzene rings is 2. The second-order valence-corrected chi connectivity index (χ2v) is 8.95. The van der Waals surface area contributed by atoms with Gasteiger partial charge in [-0.2, -0.15) is 0 Å². The van der Waals surface area contributed by atoms with E-state index >= 15 is 0 Å². The van der Waals surface area contributed by atoms with Crippen LogP contribution in [0.2, 0.25) is 0 Å². The molecule has 1 aliphatic rings. The molecule has 0 bridgehead atoms. The fourth-order valence-electron chi connectivity index (χ4n) is 4.37. The molecule has 6 N–H and O–H groups in total. The number of hydrogen-bond donors (Lipinski definition) is 5. The van der Waals surface area contributed by atoms with Gasteiger partial charge >= 0.3 is 6.03 Å². The summed E-state index contributed by atoms with van der Waals surface area (Å²) in [4.78, 5) is 16.8. The van der Waals surface area contributed by atoms with Gasteiger partial charge in [-0.1, -0.05) is 18.2 Å². The Balaban J connectivity index is 1.30. The zero-order valence-corrected chi connectivity index (χ0v) is 19.7. The molecule has 4 aromatic rings. The van der Waals surface area contributed by atoms with Gasteiger partial charge in [0.25, 0.3) is 0 Å². The smallest absolute Gasteiger partial charge is 0.323 e. The molecule has 0 atom stereocenters. The van der Waals surface area contributed by atoms with Crippen molar-refractivity contribution in [2.24, 2.45) is 5.73 Å². The molecule has 35 heavy (non-hydrogen) atoms. The highest BCUT2D eigenvalue weighted by atomic mass is 16.2. The largest absolute Gasteiger partial charge is 0.366 e. The van der Waals surface area contributed by atoms with Crippen LogP contribution in [0, 0.1) is 6.92 Å². The van der Waals surface area contributed by atoms with E-state index in [2.05, 4.69) is 26.3 Å². The number of carbonyl (C=O) groups excluding carboxylic acids is 1. The number of anilines is 5. The lowest BCUT2D eigenvalue weighted by atomic mass is 9.92. The summed E-state index contributed by atoms with van der Waals surface area (Å²) in [6.45, 7) is 2.05. The lowest BCUT2D eigenvalue weighted by Crippen LogP contribution is -2.33. The standard InChI is InChI=1S/C26H30N8O/c1-17-23(25-28-15-16-34(25)33-24(17)30-21-9-7-18(27)8-10-21)29-20-11-13-22(14-12-20)32-26(35)31-19-5-3-2-4-6-19/h2-6,11-16,18,21,29H,7-10,27H2,1H3,(H,30,33)(H2,31,32,35)/t18-,21+. The van der Waals surface area contributed by atoms with Crippen LogP contribution >= 0.6 is 0 Å². The van der Waals surface area contributed by atoms with Crippen molar-refractivity contribution >= 4 is 40.2 Å². The second kappa shape index (κ2) is 10.0. The van der Waals surface area contributed by atoms with Gasteiger partial charge in [-0.25, -0.2) is 14.3 Å². The normalized spacial score (nSPS) is 17.7. The summed E-state index contributed by atoms with van der Waals surface area (Å²) in [5.41, 5.74) is 11.0. The van der Waals surface area contributed by atoms with Gasteiger partial charge in [-0.05, 0) is 69.0 Å². The molecule has 2 aromatic carbocycles. The number of aromatic nitrogens is 3. The predicted molar refractivity (Wildman–Crippen MR) is 140 cm³/mol. The fraction of sp³-hybridized carbons (Fsp3) is 0.269. The number of imidazole rings is 1. The molecule has 0 unspecified atom stereocenters. The summed E-state index contributed by atoms with van der Waals surface area (Å²) in [5.74, 6) is 0.842. The summed E-state index contributed by atoms with van der Waals surface area (Å²) < 4.78 is 1.79. The highest BCUT2D eigenvalue weighted by molar-refractivity contribution is 5.99. The Morgan fingerprint density at radius 3 is 2.31 bits per heavy atom. The first-order chi connectivity index (χ1) is 17.0. The topological polar surface area (TPSA) is 121 Å². The number of fused-ring (bicyclic) bond motifs is 1. The van der Waals surface area contributed by atoms with Crippen molar-refractivity contribution in [2.45, 2.75) is 44.7 Å². The maximum Gasteiger partial charge on any atom is 0.323 e. The van der Waals surface area contributed by atoms with Crippen molar-refractivity contribution in [3.05, 3.63) is 72.6 Å². The van der Waals surface area contributed by atoms with E-state index in [9.17, 15) is 4.79 Å². The van der Waals surface area contributed by atoms with Crippen LogP contribution in [0.1, 0.15) is 31.2 Å². The molecular weight excluding hydrogens is 440 g/mol. The van der Waals surface area contributed by atoms with Crippen LogP contribution in [0.15, 0.2) is 67.0 Å². The number of nitrogens with one attached hydrogen (secondary N) is 4. The van der Waals surface area contributed by atoms with Crippen LogP contribution in [-0.4, -0.2) is 32.7 Å². The molecule has 0 aliphatic heterocycles. The van der Waals surface area contributed by atoms with Gasteiger partial charge in [-0.3, -0.25) is 0 Å². The monoisotopic (exact) mass is 470 g/mol. The van der Waals surface area contributed by atoms with Crippen molar-refractivity contribution in [2.75, 3.05) is 21.3 Å². The molecule has 1 aliphatic carbocycles. The Hall–Kier alpha value is -4.11. The maximum absolute atomic E-state index is 12.3. The number of amides is 2. The van der Waals surface area contributed by atoms with Crippen molar-refractivity contribution in [1.82, 2.24) is 14.6 Å². The van der Waals surface area contributed by atoms with E-state index < -0.39 is 0 Å². The molecule has 1 fully saturated rings. The molecule has 2 amide bonds. The van der Waals surface area contributed by atoms with Crippen LogP contribution in [0.4, 0.5) is 33.4 Å². The molecule has 180 valence electrons. The number of para-hydroxylation sites is 1. The van der Waals surface area contributed by atoms with Gasteiger partial charge in [0.05, 0.1) is 5.69 Å². The Morgan fingerprint density at radius 1 is 0.943 bits per heavy atom. The van der Waals surface area contributed by atoms with E-state index in [1.165, 1.54) is 0 Å².